The van der Waals surface area contributed by atoms with Gasteiger partial charge in [-0.3, -0.25) is 9.59 Å². The van der Waals surface area contributed by atoms with Gasteiger partial charge in [-0.1, -0.05) is 13.8 Å². The molecular weight excluding hydrogens is 445 g/mol. The highest BCUT2D eigenvalue weighted by Gasteiger charge is 2.24. The Balaban J connectivity index is 2.13. The number of anilines is 1. The molecule has 2 amide bonds. The second kappa shape index (κ2) is 10.9. The minimum absolute atomic E-state index is 0.0800. The summed E-state index contributed by atoms with van der Waals surface area (Å²) < 4.78 is 40.6. The van der Waals surface area contributed by atoms with E-state index in [1.807, 2.05) is 13.8 Å². The number of hydrogen-bond donors (Lipinski definition) is 3. The Bertz CT molecular complexity index is 1060. The molecule has 0 bridgehead atoms. The van der Waals surface area contributed by atoms with Gasteiger partial charge in [0, 0.05) is 16.8 Å². The highest BCUT2D eigenvalue weighted by Crippen LogP contribution is 2.17. The van der Waals surface area contributed by atoms with Crippen LogP contribution in [0.1, 0.15) is 57.8 Å². The van der Waals surface area contributed by atoms with Crippen molar-refractivity contribution in [2.24, 2.45) is 5.92 Å². The molecule has 2 aromatic carbocycles. The van der Waals surface area contributed by atoms with Gasteiger partial charge < -0.3 is 10.6 Å². The molecule has 0 aliphatic heterocycles. The maximum atomic E-state index is 13.1. The van der Waals surface area contributed by atoms with Gasteiger partial charge in [-0.15, -0.1) is 0 Å². The second-order valence-corrected chi connectivity index (χ2v) is 11.1. The first-order valence-corrected chi connectivity index (χ1v) is 12.3. The Hall–Kier alpha value is -2.78. The van der Waals surface area contributed by atoms with Crippen LogP contribution in [-0.4, -0.2) is 31.8 Å². The number of sulfonamides is 1. The van der Waals surface area contributed by atoms with E-state index in [2.05, 4.69) is 15.4 Å². The molecule has 3 N–H and O–H groups in total. The van der Waals surface area contributed by atoms with Gasteiger partial charge in [0.25, 0.3) is 5.91 Å². The first kappa shape index (κ1) is 26.5. The molecule has 0 radical (unpaired) electrons. The van der Waals surface area contributed by atoms with Gasteiger partial charge in [-0.2, -0.15) is 0 Å². The Morgan fingerprint density at radius 3 is 2.03 bits per heavy atom. The molecule has 180 valence electrons. The van der Waals surface area contributed by atoms with E-state index in [0.717, 1.165) is 0 Å². The first-order chi connectivity index (χ1) is 15.3. The smallest absolute Gasteiger partial charge is 0.251 e. The Labute approximate surface area is 195 Å². The van der Waals surface area contributed by atoms with Gasteiger partial charge >= 0.3 is 0 Å². The number of hydrogen-bond acceptors (Lipinski definition) is 4. The van der Waals surface area contributed by atoms with Gasteiger partial charge in [-0.05, 0) is 88.1 Å². The van der Waals surface area contributed by atoms with Crippen molar-refractivity contribution in [1.29, 1.82) is 0 Å². The van der Waals surface area contributed by atoms with Crippen molar-refractivity contribution in [1.82, 2.24) is 10.0 Å². The molecule has 0 aromatic heterocycles. The summed E-state index contributed by atoms with van der Waals surface area (Å²) in [6.07, 6.45) is 1.12. The van der Waals surface area contributed by atoms with E-state index in [1.165, 1.54) is 48.5 Å². The third-order valence-electron chi connectivity index (χ3n) is 4.63. The monoisotopic (exact) mass is 477 g/mol. The van der Waals surface area contributed by atoms with Crippen molar-refractivity contribution < 1.29 is 22.4 Å². The molecule has 2 rings (SSSR count). The molecule has 7 nitrogen and oxygen atoms in total. The molecule has 2 aromatic rings. The standard InChI is InChI=1S/C24H32FN3O4S/c1-16(2)6-15-21(27-22(29)17-7-9-18(25)10-8-17)23(30)26-19-11-13-20(14-12-19)33(31,32)28-24(3,4)5/h7-14,16,21,28H,6,15H2,1-5H3,(H,26,30)(H,27,29)/t21-/m0/s1. The van der Waals surface area contributed by atoms with Crippen LogP contribution < -0.4 is 15.4 Å². The summed E-state index contributed by atoms with van der Waals surface area (Å²) >= 11 is 0. The van der Waals surface area contributed by atoms with E-state index in [9.17, 15) is 22.4 Å². The van der Waals surface area contributed by atoms with Gasteiger partial charge in [0.2, 0.25) is 15.9 Å². The number of halogens is 1. The summed E-state index contributed by atoms with van der Waals surface area (Å²) in [6.45, 7) is 9.27. The number of nitrogens with one attached hydrogen (secondary N) is 3. The fraction of sp³-hybridized carbons (Fsp3) is 0.417. The number of benzene rings is 2. The maximum absolute atomic E-state index is 13.1. The van der Waals surface area contributed by atoms with E-state index in [4.69, 9.17) is 0 Å². The number of carbonyl (C=O) groups excluding carboxylic acids is 2. The van der Waals surface area contributed by atoms with Crippen molar-refractivity contribution in [3.63, 3.8) is 0 Å². The minimum Gasteiger partial charge on any atom is -0.340 e. The lowest BCUT2D eigenvalue weighted by Gasteiger charge is -2.21. The third-order valence-corrected chi connectivity index (χ3v) is 6.41. The van der Waals surface area contributed by atoms with E-state index >= 15 is 0 Å². The first-order valence-electron chi connectivity index (χ1n) is 10.8. The lowest BCUT2D eigenvalue weighted by atomic mass is 10.0. The molecule has 0 saturated carbocycles. The normalized spacial score (nSPS) is 12.9. The van der Waals surface area contributed by atoms with Crippen LogP contribution >= 0.6 is 0 Å². The number of rotatable bonds is 9. The summed E-state index contributed by atoms with van der Waals surface area (Å²) in [7, 11) is -3.69. The second-order valence-electron chi connectivity index (χ2n) is 9.37. The molecule has 0 unspecified atom stereocenters. The van der Waals surface area contributed by atoms with Crippen LogP contribution in [0.25, 0.3) is 0 Å². The quantitative estimate of drug-likeness (QED) is 0.506. The average molecular weight is 478 g/mol. The largest absolute Gasteiger partial charge is 0.340 e. The molecule has 0 aliphatic carbocycles. The third kappa shape index (κ3) is 8.58. The summed E-state index contributed by atoms with van der Waals surface area (Å²) in [6, 6.07) is 10.1. The van der Waals surface area contributed by atoms with Crippen molar-refractivity contribution in [3.05, 3.63) is 59.9 Å². The Kier molecular flexibility index (Phi) is 8.74. The molecule has 1 atom stereocenters. The zero-order valence-electron chi connectivity index (χ0n) is 19.6. The lowest BCUT2D eigenvalue weighted by molar-refractivity contribution is -0.118. The molecule has 0 heterocycles. The molecule has 9 heteroatoms. The zero-order valence-corrected chi connectivity index (χ0v) is 20.4. The van der Waals surface area contributed by atoms with Gasteiger partial charge in [0.1, 0.15) is 11.9 Å². The van der Waals surface area contributed by atoms with E-state index < -0.39 is 39.2 Å². The van der Waals surface area contributed by atoms with E-state index in [-0.39, 0.29) is 10.5 Å². The van der Waals surface area contributed by atoms with E-state index in [0.29, 0.717) is 24.4 Å². The van der Waals surface area contributed by atoms with Crippen molar-refractivity contribution >= 4 is 27.5 Å². The summed E-state index contributed by atoms with van der Waals surface area (Å²) in [5.41, 5.74) is 0.0258. The van der Waals surface area contributed by atoms with Gasteiger partial charge in [0.05, 0.1) is 4.90 Å². The van der Waals surface area contributed by atoms with Gasteiger partial charge in [-0.25, -0.2) is 17.5 Å². The highest BCUT2D eigenvalue weighted by molar-refractivity contribution is 7.89. The van der Waals surface area contributed by atoms with Crippen molar-refractivity contribution in [2.45, 2.75) is 63.9 Å². The SMILES string of the molecule is CC(C)CC[C@H](NC(=O)c1ccc(F)cc1)C(=O)Nc1ccc(S(=O)(=O)NC(C)(C)C)cc1. The predicted octanol–water partition coefficient (Wildman–Crippen LogP) is 4.08. The molecule has 0 aliphatic rings. The van der Waals surface area contributed by atoms with Crippen LogP contribution in [0, 0.1) is 11.7 Å². The zero-order chi connectivity index (χ0) is 24.8. The molecule has 33 heavy (non-hydrogen) atoms. The van der Waals surface area contributed by atoms with Gasteiger partial charge in [0.15, 0.2) is 0 Å². The van der Waals surface area contributed by atoms with Crippen LogP contribution in [0.4, 0.5) is 10.1 Å². The highest BCUT2D eigenvalue weighted by atomic mass is 32.2. The van der Waals surface area contributed by atoms with Crippen LogP contribution in [0.5, 0.6) is 0 Å². The fourth-order valence-corrected chi connectivity index (χ4v) is 4.44. The Morgan fingerprint density at radius 2 is 1.52 bits per heavy atom. The minimum atomic E-state index is -3.69. The van der Waals surface area contributed by atoms with Crippen LogP contribution in [0.2, 0.25) is 0 Å². The van der Waals surface area contributed by atoms with Crippen molar-refractivity contribution in [3.8, 4) is 0 Å². The Morgan fingerprint density at radius 1 is 0.939 bits per heavy atom. The fourth-order valence-electron chi connectivity index (χ4n) is 3.02. The van der Waals surface area contributed by atoms with E-state index in [1.54, 1.807) is 20.8 Å². The number of amides is 2. The maximum Gasteiger partial charge on any atom is 0.251 e. The lowest BCUT2D eigenvalue weighted by Crippen LogP contribution is -2.44. The molecule has 0 spiro atoms. The summed E-state index contributed by atoms with van der Waals surface area (Å²) in [5.74, 6) is -1.03. The summed E-state index contributed by atoms with van der Waals surface area (Å²) in [4.78, 5) is 25.5. The van der Waals surface area contributed by atoms with Crippen LogP contribution in [0.15, 0.2) is 53.4 Å². The topological polar surface area (TPSA) is 104 Å². The number of carbonyl (C=O) groups is 2. The summed E-state index contributed by atoms with van der Waals surface area (Å²) in [5, 5.41) is 5.44. The van der Waals surface area contributed by atoms with Crippen LogP contribution in [0.3, 0.4) is 0 Å². The molecule has 0 fully saturated rings. The van der Waals surface area contributed by atoms with Crippen molar-refractivity contribution in [2.75, 3.05) is 5.32 Å². The molecular formula is C24H32FN3O4S. The van der Waals surface area contributed by atoms with Crippen LogP contribution in [-0.2, 0) is 14.8 Å². The predicted molar refractivity (Wildman–Crippen MR) is 127 cm³/mol. The molecule has 0 saturated heterocycles. The average Bonchev–Trinajstić information content (AvgIpc) is 2.70.